The zero-order valence-corrected chi connectivity index (χ0v) is 13.9. The number of hydrogen-bond acceptors (Lipinski definition) is 4. The maximum atomic E-state index is 12.0. The van der Waals surface area contributed by atoms with Gasteiger partial charge in [-0.15, -0.1) is 0 Å². The largest absolute Gasteiger partial charge is 0.470 e. The highest BCUT2D eigenvalue weighted by Crippen LogP contribution is 2.31. The lowest BCUT2D eigenvalue weighted by Crippen LogP contribution is -2.23. The zero-order chi connectivity index (χ0) is 16.9. The van der Waals surface area contributed by atoms with E-state index < -0.39 is 0 Å². The second-order valence-electron chi connectivity index (χ2n) is 4.83. The Labute approximate surface area is 147 Å². The molecule has 1 aromatic carbocycles. The molecule has 124 valence electrons. The molecule has 0 fully saturated rings. The van der Waals surface area contributed by atoms with Crippen molar-refractivity contribution in [2.45, 2.75) is 13.3 Å². The van der Waals surface area contributed by atoms with E-state index in [9.17, 15) is 4.79 Å². The van der Waals surface area contributed by atoms with Gasteiger partial charge in [0.05, 0.1) is 17.8 Å². The van der Waals surface area contributed by atoms with Crippen molar-refractivity contribution in [3.05, 3.63) is 70.4 Å². The number of hydrogen-bond donors (Lipinski definition) is 1. The number of amides is 1. The highest BCUT2D eigenvalue weighted by atomic mass is 35.5. The van der Waals surface area contributed by atoms with Crippen LogP contribution in [0.15, 0.2) is 53.3 Å². The first-order valence-electron chi connectivity index (χ1n) is 7.04. The molecule has 0 aliphatic carbocycles. The standard InChI is InChI=1S/C16H13Cl2N3O3/c17-12-4-1-5-14(15(12)18)24-10-21-7-6-13(20-21)16(22)19-9-11-3-2-8-23-11/h1-8H,9-10H2,(H,19,22). The Morgan fingerprint density at radius 1 is 1.25 bits per heavy atom. The van der Waals surface area contributed by atoms with Crippen LogP contribution >= 0.6 is 23.2 Å². The molecular formula is C16H13Cl2N3O3. The Kier molecular flexibility index (Phi) is 5.08. The van der Waals surface area contributed by atoms with Gasteiger partial charge in [0, 0.05) is 6.20 Å². The fourth-order valence-corrected chi connectivity index (χ4v) is 2.30. The lowest BCUT2D eigenvalue weighted by molar-refractivity contribution is 0.0941. The van der Waals surface area contributed by atoms with Gasteiger partial charge < -0.3 is 14.5 Å². The van der Waals surface area contributed by atoms with Gasteiger partial charge in [0.25, 0.3) is 5.91 Å². The van der Waals surface area contributed by atoms with Crippen LogP contribution in [0.4, 0.5) is 0 Å². The van der Waals surface area contributed by atoms with Crippen molar-refractivity contribution in [1.29, 1.82) is 0 Å². The molecule has 0 aliphatic heterocycles. The summed E-state index contributed by atoms with van der Waals surface area (Å²) in [5.41, 5.74) is 0.280. The third-order valence-corrected chi connectivity index (χ3v) is 3.95. The molecule has 0 aliphatic rings. The average molecular weight is 366 g/mol. The lowest BCUT2D eigenvalue weighted by atomic mass is 10.3. The number of halogens is 2. The summed E-state index contributed by atoms with van der Waals surface area (Å²) in [4.78, 5) is 12.0. The maximum Gasteiger partial charge on any atom is 0.272 e. The minimum absolute atomic E-state index is 0.103. The van der Waals surface area contributed by atoms with E-state index in [0.29, 0.717) is 28.1 Å². The highest BCUT2D eigenvalue weighted by molar-refractivity contribution is 6.42. The number of carbonyl (C=O) groups excluding carboxylic acids is 1. The number of aromatic nitrogens is 2. The molecule has 0 bridgehead atoms. The fraction of sp³-hybridized carbons (Fsp3) is 0.125. The van der Waals surface area contributed by atoms with Gasteiger partial charge in [-0.05, 0) is 30.3 Å². The molecule has 1 N–H and O–H groups in total. The smallest absolute Gasteiger partial charge is 0.272 e. The third-order valence-electron chi connectivity index (χ3n) is 3.15. The number of nitrogens with zero attached hydrogens (tertiary/aromatic N) is 2. The van der Waals surface area contributed by atoms with Crippen molar-refractivity contribution >= 4 is 29.1 Å². The zero-order valence-electron chi connectivity index (χ0n) is 12.4. The molecular weight excluding hydrogens is 353 g/mol. The second kappa shape index (κ2) is 7.42. The normalized spacial score (nSPS) is 10.6. The van der Waals surface area contributed by atoms with Crippen LogP contribution in [0.5, 0.6) is 5.75 Å². The molecule has 8 heteroatoms. The molecule has 2 aromatic heterocycles. The van der Waals surface area contributed by atoms with Crippen molar-refractivity contribution in [2.75, 3.05) is 0 Å². The molecule has 3 rings (SSSR count). The van der Waals surface area contributed by atoms with E-state index in [-0.39, 0.29) is 18.3 Å². The maximum absolute atomic E-state index is 12.0. The number of rotatable bonds is 6. The average Bonchev–Trinajstić information content (AvgIpc) is 3.25. The van der Waals surface area contributed by atoms with Crippen LogP contribution in [-0.2, 0) is 13.3 Å². The summed E-state index contributed by atoms with van der Waals surface area (Å²) >= 11 is 12.0. The predicted octanol–water partition coefficient (Wildman–Crippen LogP) is 3.75. The van der Waals surface area contributed by atoms with Gasteiger partial charge in [0.15, 0.2) is 6.73 Å². The Morgan fingerprint density at radius 2 is 2.12 bits per heavy atom. The summed E-state index contributed by atoms with van der Waals surface area (Å²) in [6, 6.07) is 10.2. The van der Waals surface area contributed by atoms with Gasteiger partial charge >= 0.3 is 0 Å². The number of furan rings is 1. The molecule has 0 atom stereocenters. The lowest BCUT2D eigenvalue weighted by Gasteiger charge is -2.08. The molecule has 24 heavy (non-hydrogen) atoms. The summed E-state index contributed by atoms with van der Waals surface area (Å²) in [6.45, 7) is 0.402. The van der Waals surface area contributed by atoms with Crippen LogP contribution in [0.2, 0.25) is 10.0 Å². The molecule has 3 aromatic rings. The minimum Gasteiger partial charge on any atom is -0.470 e. The van der Waals surface area contributed by atoms with E-state index in [2.05, 4.69) is 10.4 Å². The molecule has 0 radical (unpaired) electrons. The molecule has 0 spiro atoms. The molecule has 6 nitrogen and oxygen atoms in total. The van der Waals surface area contributed by atoms with Crippen LogP contribution in [0.1, 0.15) is 16.2 Å². The van der Waals surface area contributed by atoms with Gasteiger partial charge in [-0.3, -0.25) is 4.79 Å². The third kappa shape index (κ3) is 3.90. The van der Waals surface area contributed by atoms with Crippen molar-refractivity contribution in [3.63, 3.8) is 0 Å². The molecule has 2 heterocycles. The number of carbonyl (C=O) groups is 1. The molecule has 0 unspecified atom stereocenters. The molecule has 1 amide bonds. The van der Waals surface area contributed by atoms with Crippen LogP contribution < -0.4 is 10.1 Å². The summed E-state index contributed by atoms with van der Waals surface area (Å²) in [6.07, 6.45) is 3.19. The first-order valence-corrected chi connectivity index (χ1v) is 7.80. The second-order valence-corrected chi connectivity index (χ2v) is 5.61. The Balaban J connectivity index is 1.57. The van der Waals surface area contributed by atoms with Crippen LogP contribution in [0.25, 0.3) is 0 Å². The van der Waals surface area contributed by atoms with E-state index in [1.807, 2.05) is 0 Å². The van der Waals surface area contributed by atoms with Crippen molar-refractivity contribution in [2.24, 2.45) is 0 Å². The topological polar surface area (TPSA) is 69.3 Å². The van der Waals surface area contributed by atoms with Crippen LogP contribution in [0, 0.1) is 0 Å². The first-order chi connectivity index (χ1) is 11.6. The SMILES string of the molecule is O=C(NCc1ccco1)c1ccn(COc2cccc(Cl)c2Cl)n1. The number of benzene rings is 1. The number of nitrogens with one attached hydrogen (secondary N) is 1. The number of ether oxygens (including phenoxy) is 1. The quantitative estimate of drug-likeness (QED) is 0.722. The van der Waals surface area contributed by atoms with Crippen molar-refractivity contribution in [3.8, 4) is 5.75 Å². The first kappa shape index (κ1) is 16.4. The summed E-state index contributed by atoms with van der Waals surface area (Å²) in [7, 11) is 0. The Hall–Kier alpha value is -2.44. The van der Waals surface area contributed by atoms with Gasteiger partial charge in [0.2, 0.25) is 0 Å². The van der Waals surface area contributed by atoms with Crippen LogP contribution in [0.3, 0.4) is 0 Å². The highest BCUT2D eigenvalue weighted by Gasteiger charge is 2.11. The van der Waals surface area contributed by atoms with Crippen molar-refractivity contribution < 1.29 is 13.9 Å². The summed E-state index contributed by atoms with van der Waals surface area (Å²) < 4.78 is 12.2. The summed E-state index contributed by atoms with van der Waals surface area (Å²) in [5, 5.41) is 7.61. The minimum atomic E-state index is -0.300. The van der Waals surface area contributed by atoms with Gasteiger partial charge in [-0.25, -0.2) is 4.68 Å². The fourth-order valence-electron chi connectivity index (χ4n) is 1.96. The van der Waals surface area contributed by atoms with E-state index >= 15 is 0 Å². The van der Waals surface area contributed by atoms with E-state index in [1.165, 1.54) is 4.68 Å². The van der Waals surface area contributed by atoms with E-state index in [4.69, 9.17) is 32.4 Å². The Bertz CT molecular complexity index is 831. The monoisotopic (exact) mass is 365 g/mol. The Morgan fingerprint density at radius 3 is 2.92 bits per heavy atom. The van der Waals surface area contributed by atoms with Gasteiger partial charge in [0.1, 0.15) is 22.2 Å². The molecule has 0 saturated carbocycles. The summed E-state index contributed by atoms with van der Waals surface area (Å²) in [5.74, 6) is 0.816. The van der Waals surface area contributed by atoms with Gasteiger partial charge in [-0.2, -0.15) is 5.10 Å². The predicted molar refractivity (Wildman–Crippen MR) is 89.2 cm³/mol. The van der Waals surface area contributed by atoms with Gasteiger partial charge in [-0.1, -0.05) is 29.3 Å². The van der Waals surface area contributed by atoms with E-state index in [0.717, 1.165) is 0 Å². The van der Waals surface area contributed by atoms with Crippen molar-refractivity contribution in [1.82, 2.24) is 15.1 Å². The van der Waals surface area contributed by atoms with E-state index in [1.54, 1.807) is 48.9 Å². The van der Waals surface area contributed by atoms with Crippen LogP contribution in [-0.4, -0.2) is 15.7 Å². The molecule has 0 saturated heterocycles.